The molecule has 4 heteroatoms. The standard InChI is InChI=1S/C37H22N4/c1-2-10-22(11-3-1)40-31-16-8-5-12-23(31)24-18-19-27-33(35(24)40)26-20-21-30-34(25-13-4-6-14-28(25)38-30)36(26)41-32-17-9-7-15-29(32)39-37(27)41/h1-21,38H. The summed E-state index contributed by atoms with van der Waals surface area (Å²) in [5.74, 6) is 0. The Kier molecular flexibility index (Phi) is 3.90. The molecule has 0 radical (unpaired) electrons. The molecule has 10 aromatic rings. The van der Waals surface area contributed by atoms with Crippen LogP contribution in [0, 0.1) is 0 Å². The Balaban J connectivity index is 1.59. The Morgan fingerprint density at radius 3 is 2.07 bits per heavy atom. The van der Waals surface area contributed by atoms with Gasteiger partial charge in [-0.05, 0) is 48.5 Å². The van der Waals surface area contributed by atoms with Crippen molar-refractivity contribution in [3.63, 3.8) is 0 Å². The lowest BCUT2D eigenvalue weighted by atomic mass is 9.99. The molecule has 10 rings (SSSR count). The zero-order chi connectivity index (χ0) is 26.7. The van der Waals surface area contributed by atoms with Crippen LogP contribution in [0.5, 0.6) is 0 Å². The van der Waals surface area contributed by atoms with Gasteiger partial charge in [-0.1, -0.05) is 78.9 Å². The van der Waals surface area contributed by atoms with E-state index in [4.69, 9.17) is 4.98 Å². The lowest BCUT2D eigenvalue weighted by Crippen LogP contribution is -1.97. The number of hydrogen-bond acceptors (Lipinski definition) is 1. The molecule has 0 amide bonds. The van der Waals surface area contributed by atoms with E-state index in [9.17, 15) is 0 Å². The lowest BCUT2D eigenvalue weighted by Gasteiger charge is -2.14. The van der Waals surface area contributed by atoms with Crippen molar-refractivity contribution in [3.8, 4) is 5.69 Å². The molecule has 0 fully saturated rings. The van der Waals surface area contributed by atoms with Gasteiger partial charge in [0.15, 0.2) is 0 Å². The molecule has 0 bridgehead atoms. The molecular weight excluding hydrogens is 500 g/mol. The second-order valence-electron chi connectivity index (χ2n) is 10.9. The molecule has 4 nitrogen and oxygen atoms in total. The summed E-state index contributed by atoms with van der Waals surface area (Å²) in [6.07, 6.45) is 0. The van der Waals surface area contributed by atoms with Crippen molar-refractivity contribution in [2.24, 2.45) is 0 Å². The number of nitrogens with zero attached hydrogens (tertiary/aromatic N) is 3. The van der Waals surface area contributed by atoms with E-state index in [0.717, 1.165) is 38.8 Å². The molecule has 0 atom stereocenters. The van der Waals surface area contributed by atoms with E-state index in [1.54, 1.807) is 0 Å². The number of benzene rings is 6. The van der Waals surface area contributed by atoms with Crippen LogP contribution in [0.4, 0.5) is 0 Å². The molecule has 4 aromatic heterocycles. The van der Waals surface area contributed by atoms with E-state index in [0.29, 0.717) is 0 Å². The first kappa shape index (κ1) is 21.2. The highest BCUT2D eigenvalue weighted by Crippen LogP contribution is 2.44. The van der Waals surface area contributed by atoms with E-state index in [2.05, 4.69) is 141 Å². The molecule has 41 heavy (non-hydrogen) atoms. The number of H-pyrrole nitrogens is 1. The summed E-state index contributed by atoms with van der Waals surface area (Å²) < 4.78 is 4.82. The minimum Gasteiger partial charge on any atom is -0.354 e. The third kappa shape index (κ3) is 2.62. The van der Waals surface area contributed by atoms with Gasteiger partial charge in [0.25, 0.3) is 0 Å². The SMILES string of the molecule is c1ccc(-n2c3ccccc3c3ccc4c(c5ccc6[nH]c7ccccc7c6c5n5c6ccccc6nc45)c32)cc1. The summed E-state index contributed by atoms with van der Waals surface area (Å²) in [7, 11) is 0. The van der Waals surface area contributed by atoms with Crippen LogP contribution in [-0.2, 0) is 0 Å². The van der Waals surface area contributed by atoms with E-state index >= 15 is 0 Å². The Bertz CT molecular complexity index is 2690. The first-order valence-corrected chi connectivity index (χ1v) is 14.0. The molecule has 0 saturated carbocycles. The number of para-hydroxylation sites is 5. The highest BCUT2D eigenvalue weighted by Gasteiger charge is 2.22. The first-order valence-electron chi connectivity index (χ1n) is 14.0. The third-order valence-electron chi connectivity index (χ3n) is 8.79. The van der Waals surface area contributed by atoms with Gasteiger partial charge in [0, 0.05) is 54.4 Å². The molecule has 0 aliphatic rings. The van der Waals surface area contributed by atoms with E-state index < -0.39 is 0 Å². The predicted molar refractivity (Wildman–Crippen MR) is 171 cm³/mol. The summed E-state index contributed by atoms with van der Waals surface area (Å²) in [6.45, 7) is 0. The van der Waals surface area contributed by atoms with Crippen LogP contribution in [0.15, 0.2) is 127 Å². The molecule has 0 aliphatic heterocycles. The highest BCUT2D eigenvalue weighted by atomic mass is 15.0. The number of imidazole rings is 1. The average molecular weight is 523 g/mol. The molecule has 0 unspecified atom stereocenters. The van der Waals surface area contributed by atoms with Crippen molar-refractivity contribution in [2.45, 2.75) is 0 Å². The number of hydrogen-bond donors (Lipinski definition) is 1. The average Bonchev–Trinajstić information content (AvgIpc) is 3.71. The second kappa shape index (κ2) is 7.52. The minimum atomic E-state index is 0.984. The maximum absolute atomic E-state index is 5.27. The Morgan fingerprint density at radius 1 is 0.463 bits per heavy atom. The molecule has 0 saturated heterocycles. The quantitative estimate of drug-likeness (QED) is 0.214. The maximum atomic E-state index is 5.27. The van der Waals surface area contributed by atoms with Crippen molar-refractivity contribution in [3.05, 3.63) is 127 Å². The largest absolute Gasteiger partial charge is 0.354 e. The fourth-order valence-electron chi connectivity index (χ4n) is 7.15. The van der Waals surface area contributed by atoms with Gasteiger partial charge >= 0.3 is 0 Å². The van der Waals surface area contributed by atoms with Crippen LogP contribution in [0.2, 0.25) is 0 Å². The highest BCUT2D eigenvalue weighted by molar-refractivity contribution is 6.32. The molecule has 0 spiro atoms. The van der Waals surface area contributed by atoms with Crippen LogP contribution >= 0.6 is 0 Å². The normalized spacial score (nSPS) is 12.4. The van der Waals surface area contributed by atoms with E-state index in [1.807, 2.05) is 0 Å². The topological polar surface area (TPSA) is 38.0 Å². The van der Waals surface area contributed by atoms with Crippen LogP contribution < -0.4 is 0 Å². The fourth-order valence-corrected chi connectivity index (χ4v) is 7.15. The molecule has 1 N–H and O–H groups in total. The number of aromatic nitrogens is 4. The Hall–Kier alpha value is -5.61. The number of nitrogens with one attached hydrogen (secondary N) is 1. The van der Waals surface area contributed by atoms with Crippen molar-refractivity contribution < 1.29 is 0 Å². The third-order valence-corrected chi connectivity index (χ3v) is 8.79. The van der Waals surface area contributed by atoms with Gasteiger partial charge in [0.05, 0.1) is 27.6 Å². The van der Waals surface area contributed by atoms with E-state index in [1.165, 1.54) is 48.9 Å². The zero-order valence-electron chi connectivity index (χ0n) is 22.0. The van der Waals surface area contributed by atoms with Crippen LogP contribution in [0.3, 0.4) is 0 Å². The van der Waals surface area contributed by atoms with E-state index in [-0.39, 0.29) is 0 Å². The van der Waals surface area contributed by atoms with Crippen molar-refractivity contribution >= 4 is 82.0 Å². The van der Waals surface area contributed by atoms with Crippen molar-refractivity contribution in [2.75, 3.05) is 0 Å². The number of aromatic amines is 1. The molecule has 0 aliphatic carbocycles. The number of rotatable bonds is 1. The van der Waals surface area contributed by atoms with Gasteiger partial charge in [-0.25, -0.2) is 4.98 Å². The maximum Gasteiger partial charge on any atom is 0.146 e. The smallest absolute Gasteiger partial charge is 0.146 e. The monoisotopic (exact) mass is 522 g/mol. The van der Waals surface area contributed by atoms with Gasteiger partial charge in [-0.3, -0.25) is 4.40 Å². The Labute approximate surface area is 233 Å². The summed E-state index contributed by atoms with van der Waals surface area (Å²) >= 11 is 0. The van der Waals surface area contributed by atoms with Gasteiger partial charge in [-0.2, -0.15) is 0 Å². The van der Waals surface area contributed by atoms with Gasteiger partial charge < -0.3 is 9.55 Å². The second-order valence-corrected chi connectivity index (χ2v) is 10.9. The summed E-state index contributed by atoms with van der Waals surface area (Å²) in [6, 6.07) is 45.7. The van der Waals surface area contributed by atoms with Gasteiger partial charge in [0.1, 0.15) is 5.65 Å². The zero-order valence-corrected chi connectivity index (χ0v) is 22.0. The van der Waals surface area contributed by atoms with Crippen molar-refractivity contribution in [1.82, 2.24) is 18.9 Å². The predicted octanol–water partition coefficient (Wildman–Crippen LogP) is 9.53. The lowest BCUT2D eigenvalue weighted by molar-refractivity contribution is 1.19. The molecule has 190 valence electrons. The number of pyridine rings is 1. The first-order chi connectivity index (χ1) is 20.4. The summed E-state index contributed by atoms with van der Waals surface area (Å²) in [4.78, 5) is 8.95. The summed E-state index contributed by atoms with van der Waals surface area (Å²) in [5.41, 5.74) is 10.1. The fraction of sp³-hybridized carbons (Fsp3) is 0. The molecule has 4 heterocycles. The van der Waals surface area contributed by atoms with Gasteiger partial charge in [0.2, 0.25) is 0 Å². The number of fused-ring (bicyclic) bond motifs is 16. The van der Waals surface area contributed by atoms with Crippen LogP contribution in [0.1, 0.15) is 0 Å². The van der Waals surface area contributed by atoms with Crippen LogP contribution in [0.25, 0.3) is 87.7 Å². The summed E-state index contributed by atoms with van der Waals surface area (Å²) in [5, 5.41) is 8.56. The molecular formula is C37H22N4. The minimum absolute atomic E-state index is 0.984. The molecule has 6 aromatic carbocycles. The van der Waals surface area contributed by atoms with Crippen LogP contribution in [-0.4, -0.2) is 18.9 Å². The van der Waals surface area contributed by atoms with Crippen molar-refractivity contribution in [1.29, 1.82) is 0 Å². The van der Waals surface area contributed by atoms with Gasteiger partial charge in [-0.15, -0.1) is 0 Å². The Morgan fingerprint density at radius 2 is 1.17 bits per heavy atom.